The average molecular weight is 269 g/mol. The number of hydrogen-bond acceptors (Lipinski definition) is 2. The Morgan fingerprint density at radius 3 is 2.67 bits per heavy atom. The number of benzene rings is 1. The molecule has 0 amide bonds. The van der Waals surface area contributed by atoms with E-state index < -0.39 is 0 Å². The summed E-state index contributed by atoms with van der Waals surface area (Å²) in [5.41, 5.74) is 8.79. The molecule has 0 aliphatic rings. The molecule has 4 heteroatoms. The Hall–Kier alpha value is -1.16. The van der Waals surface area contributed by atoms with Gasteiger partial charge >= 0.3 is 0 Å². The summed E-state index contributed by atoms with van der Waals surface area (Å²) in [6, 6.07) is 3.20. The van der Waals surface area contributed by atoms with Crippen LogP contribution in [-0.2, 0) is 0 Å². The van der Waals surface area contributed by atoms with Gasteiger partial charge in [0.2, 0.25) is 0 Å². The number of aromatic nitrogens is 1. The third-order valence-electron chi connectivity index (χ3n) is 2.32. The van der Waals surface area contributed by atoms with Crippen LogP contribution in [0.25, 0.3) is 10.9 Å². The first-order valence-electron chi connectivity index (χ1n) is 4.52. The molecule has 2 N–H and O–H groups in total. The zero-order valence-electron chi connectivity index (χ0n) is 8.44. The van der Waals surface area contributed by atoms with Crippen LogP contribution >= 0.6 is 15.9 Å². The summed E-state index contributed by atoms with van der Waals surface area (Å²) in [5, 5.41) is 0.651. The van der Waals surface area contributed by atoms with Crippen molar-refractivity contribution in [3.63, 3.8) is 0 Å². The first-order valence-corrected chi connectivity index (χ1v) is 5.31. The van der Waals surface area contributed by atoms with Gasteiger partial charge in [0.1, 0.15) is 5.82 Å². The molecule has 2 rings (SSSR count). The number of hydrogen-bond donors (Lipinski definition) is 1. The van der Waals surface area contributed by atoms with Crippen molar-refractivity contribution in [3.8, 4) is 0 Å². The monoisotopic (exact) mass is 268 g/mol. The summed E-state index contributed by atoms with van der Waals surface area (Å²) >= 11 is 3.20. The number of fused-ring (bicyclic) bond motifs is 1. The second-order valence-corrected chi connectivity index (χ2v) is 4.36. The Bertz CT molecular complexity index is 552. The fourth-order valence-corrected chi connectivity index (χ4v) is 2.19. The van der Waals surface area contributed by atoms with E-state index in [4.69, 9.17) is 5.73 Å². The molecular formula is C11H10BrFN2. The van der Waals surface area contributed by atoms with Gasteiger partial charge in [-0.05, 0) is 47.5 Å². The largest absolute Gasteiger partial charge is 0.398 e. The molecule has 0 unspecified atom stereocenters. The van der Waals surface area contributed by atoms with E-state index in [1.165, 1.54) is 6.07 Å². The van der Waals surface area contributed by atoms with Gasteiger partial charge in [0.25, 0.3) is 0 Å². The standard InChI is InChI=1S/C11H10BrFN2/c1-5-3-7(13)10(12)9-8(14)4-6(2)15-11(5)9/h3-4H,1-2H3,(H2,14,15). The minimum Gasteiger partial charge on any atom is -0.398 e. The van der Waals surface area contributed by atoms with Crippen molar-refractivity contribution in [1.29, 1.82) is 0 Å². The molecule has 0 aliphatic carbocycles. The summed E-state index contributed by atoms with van der Waals surface area (Å²) in [7, 11) is 0. The predicted molar refractivity (Wildman–Crippen MR) is 63.3 cm³/mol. The van der Waals surface area contributed by atoms with E-state index in [9.17, 15) is 4.39 Å². The Labute approximate surface area is 95.4 Å². The molecule has 0 spiro atoms. The van der Waals surface area contributed by atoms with Gasteiger partial charge in [-0.3, -0.25) is 4.98 Å². The van der Waals surface area contributed by atoms with Crippen LogP contribution in [0.3, 0.4) is 0 Å². The molecule has 2 nitrogen and oxygen atoms in total. The van der Waals surface area contributed by atoms with Gasteiger partial charge in [0, 0.05) is 16.8 Å². The van der Waals surface area contributed by atoms with E-state index in [2.05, 4.69) is 20.9 Å². The molecule has 0 bridgehead atoms. The molecule has 78 valence electrons. The molecule has 0 aliphatic heterocycles. The van der Waals surface area contributed by atoms with Gasteiger partial charge in [0.15, 0.2) is 0 Å². The molecule has 1 aromatic heterocycles. The summed E-state index contributed by atoms with van der Waals surface area (Å²) in [4.78, 5) is 4.36. The number of pyridine rings is 1. The summed E-state index contributed by atoms with van der Waals surface area (Å²) in [5.74, 6) is -0.308. The van der Waals surface area contributed by atoms with Crippen LogP contribution in [-0.4, -0.2) is 4.98 Å². The normalized spacial score (nSPS) is 10.9. The summed E-state index contributed by atoms with van der Waals surface area (Å²) in [6.45, 7) is 3.69. The number of nitrogens with two attached hydrogens (primary N) is 1. The van der Waals surface area contributed by atoms with E-state index in [1.807, 2.05) is 13.8 Å². The van der Waals surface area contributed by atoms with Gasteiger partial charge in [-0.1, -0.05) is 0 Å². The lowest BCUT2D eigenvalue weighted by Crippen LogP contribution is -1.96. The number of halogens is 2. The first-order chi connectivity index (χ1) is 7.00. The molecule has 15 heavy (non-hydrogen) atoms. The van der Waals surface area contributed by atoms with Crippen LogP contribution in [0.5, 0.6) is 0 Å². The van der Waals surface area contributed by atoms with E-state index in [-0.39, 0.29) is 5.82 Å². The molecule has 1 aromatic carbocycles. The third kappa shape index (κ3) is 1.59. The maximum atomic E-state index is 13.5. The lowest BCUT2D eigenvalue weighted by molar-refractivity contribution is 0.622. The van der Waals surface area contributed by atoms with E-state index in [0.717, 1.165) is 16.8 Å². The van der Waals surface area contributed by atoms with Crippen molar-refractivity contribution < 1.29 is 4.39 Å². The highest BCUT2D eigenvalue weighted by Gasteiger charge is 2.12. The predicted octanol–water partition coefficient (Wildman–Crippen LogP) is 3.34. The molecular weight excluding hydrogens is 259 g/mol. The number of aryl methyl sites for hydroxylation is 2. The second kappa shape index (κ2) is 3.45. The maximum Gasteiger partial charge on any atom is 0.138 e. The summed E-state index contributed by atoms with van der Waals surface area (Å²) in [6.07, 6.45) is 0. The Balaban J connectivity index is 3.03. The first kappa shape index (κ1) is 10.4. The number of rotatable bonds is 0. The molecule has 0 fully saturated rings. The van der Waals surface area contributed by atoms with Crippen molar-refractivity contribution in [2.45, 2.75) is 13.8 Å². The van der Waals surface area contributed by atoms with Gasteiger partial charge in [-0.15, -0.1) is 0 Å². The van der Waals surface area contributed by atoms with Crippen LogP contribution in [0, 0.1) is 19.7 Å². The van der Waals surface area contributed by atoms with Crippen LogP contribution < -0.4 is 5.73 Å². The fourth-order valence-electron chi connectivity index (χ4n) is 1.66. The number of anilines is 1. The Morgan fingerprint density at radius 1 is 1.33 bits per heavy atom. The van der Waals surface area contributed by atoms with E-state index in [1.54, 1.807) is 6.07 Å². The highest BCUT2D eigenvalue weighted by Crippen LogP contribution is 2.32. The van der Waals surface area contributed by atoms with Crippen LogP contribution in [0.15, 0.2) is 16.6 Å². The van der Waals surface area contributed by atoms with Gasteiger partial charge in [-0.25, -0.2) is 4.39 Å². The van der Waals surface area contributed by atoms with Crippen molar-refractivity contribution in [1.82, 2.24) is 4.98 Å². The minimum atomic E-state index is -0.308. The molecule has 2 aromatic rings. The molecule has 0 saturated carbocycles. The zero-order chi connectivity index (χ0) is 11.2. The lowest BCUT2D eigenvalue weighted by Gasteiger charge is -2.08. The van der Waals surface area contributed by atoms with Crippen molar-refractivity contribution in [2.75, 3.05) is 5.73 Å². The van der Waals surface area contributed by atoms with E-state index in [0.29, 0.717) is 15.5 Å². The zero-order valence-corrected chi connectivity index (χ0v) is 10.0. The molecule has 0 saturated heterocycles. The van der Waals surface area contributed by atoms with Crippen molar-refractivity contribution in [3.05, 3.63) is 33.7 Å². The van der Waals surface area contributed by atoms with Crippen LogP contribution in [0.1, 0.15) is 11.3 Å². The maximum absolute atomic E-state index is 13.5. The number of nitrogen functional groups attached to an aromatic ring is 1. The van der Waals surface area contributed by atoms with Crippen LogP contribution in [0.2, 0.25) is 0 Å². The highest BCUT2D eigenvalue weighted by atomic mass is 79.9. The number of nitrogens with zero attached hydrogens (tertiary/aromatic N) is 1. The van der Waals surface area contributed by atoms with E-state index >= 15 is 0 Å². The Kier molecular flexibility index (Phi) is 2.38. The SMILES string of the molecule is Cc1cc(N)c2c(Br)c(F)cc(C)c2n1. The molecule has 1 heterocycles. The average Bonchev–Trinajstić information content (AvgIpc) is 2.13. The van der Waals surface area contributed by atoms with Crippen molar-refractivity contribution in [2.24, 2.45) is 0 Å². The third-order valence-corrected chi connectivity index (χ3v) is 3.10. The van der Waals surface area contributed by atoms with Gasteiger partial charge in [0.05, 0.1) is 9.99 Å². The van der Waals surface area contributed by atoms with Crippen molar-refractivity contribution >= 4 is 32.5 Å². The minimum absolute atomic E-state index is 0.308. The Morgan fingerprint density at radius 2 is 2.00 bits per heavy atom. The quantitative estimate of drug-likeness (QED) is 0.796. The van der Waals surface area contributed by atoms with Crippen LogP contribution in [0.4, 0.5) is 10.1 Å². The smallest absolute Gasteiger partial charge is 0.138 e. The molecule has 0 atom stereocenters. The highest BCUT2D eigenvalue weighted by molar-refractivity contribution is 9.10. The summed E-state index contributed by atoms with van der Waals surface area (Å²) < 4.78 is 13.8. The van der Waals surface area contributed by atoms with Gasteiger partial charge < -0.3 is 5.73 Å². The fraction of sp³-hybridized carbons (Fsp3) is 0.182. The molecule has 0 radical (unpaired) electrons. The second-order valence-electron chi connectivity index (χ2n) is 3.57. The lowest BCUT2D eigenvalue weighted by atomic mass is 10.1. The van der Waals surface area contributed by atoms with Gasteiger partial charge in [-0.2, -0.15) is 0 Å². The topological polar surface area (TPSA) is 38.9 Å².